The first kappa shape index (κ1) is 17.1. The van der Waals surface area contributed by atoms with Crippen LogP contribution >= 0.6 is 0 Å². The molecule has 5 nitrogen and oxygen atoms in total. The average molecular weight is 331 g/mol. The number of carbonyl (C=O) groups is 1. The summed E-state index contributed by atoms with van der Waals surface area (Å²) < 4.78 is 6.08. The molecule has 1 unspecified atom stereocenters. The molecule has 1 aromatic rings. The summed E-state index contributed by atoms with van der Waals surface area (Å²) in [5.74, 6) is 0.962. The zero-order valence-electron chi connectivity index (χ0n) is 15.3. The predicted octanol–water partition coefficient (Wildman–Crippen LogP) is 2.42. The van der Waals surface area contributed by atoms with Gasteiger partial charge < -0.3 is 19.9 Å². The number of nitrogens with zero attached hydrogens (tertiary/aromatic N) is 2. The Kier molecular flexibility index (Phi) is 4.72. The molecule has 2 saturated heterocycles. The van der Waals surface area contributed by atoms with Crippen molar-refractivity contribution in [3.05, 3.63) is 29.3 Å². The summed E-state index contributed by atoms with van der Waals surface area (Å²) in [6.07, 6.45) is 1.24. The third-order valence-corrected chi connectivity index (χ3v) is 5.24. The van der Waals surface area contributed by atoms with Crippen molar-refractivity contribution >= 4 is 6.03 Å². The van der Waals surface area contributed by atoms with Crippen molar-refractivity contribution < 1.29 is 9.53 Å². The molecule has 3 rings (SSSR count). The number of aryl methyl sites for hydroxylation is 2. The molecule has 0 saturated carbocycles. The zero-order chi connectivity index (χ0) is 17.3. The summed E-state index contributed by atoms with van der Waals surface area (Å²) in [4.78, 5) is 16.4. The first-order valence-corrected chi connectivity index (χ1v) is 8.80. The summed E-state index contributed by atoms with van der Waals surface area (Å²) in [6, 6.07) is 6.20. The molecule has 1 N–H and O–H groups in total. The van der Waals surface area contributed by atoms with E-state index in [0.29, 0.717) is 13.1 Å². The second-order valence-electron chi connectivity index (χ2n) is 7.82. The Morgan fingerprint density at radius 1 is 1.33 bits per heavy atom. The molecule has 0 spiro atoms. The van der Waals surface area contributed by atoms with Crippen molar-refractivity contribution in [3.8, 4) is 5.75 Å². The van der Waals surface area contributed by atoms with Gasteiger partial charge in [0.05, 0.1) is 13.1 Å². The molecular formula is C19H29N3O2. The number of para-hydroxylation sites is 1. The number of hydrogen-bond donors (Lipinski definition) is 1. The summed E-state index contributed by atoms with van der Waals surface area (Å²) in [6.45, 7) is 10.6. The van der Waals surface area contributed by atoms with Gasteiger partial charge in [-0.2, -0.15) is 0 Å². The van der Waals surface area contributed by atoms with Crippen molar-refractivity contribution in [2.75, 3.05) is 39.8 Å². The van der Waals surface area contributed by atoms with E-state index in [0.717, 1.165) is 42.9 Å². The molecule has 0 bridgehead atoms. The van der Waals surface area contributed by atoms with E-state index in [9.17, 15) is 4.79 Å². The largest absolute Gasteiger partial charge is 0.486 e. The van der Waals surface area contributed by atoms with E-state index in [1.54, 1.807) is 0 Å². The van der Waals surface area contributed by atoms with Crippen molar-refractivity contribution in [2.24, 2.45) is 5.41 Å². The van der Waals surface area contributed by atoms with Crippen LogP contribution in [0.25, 0.3) is 0 Å². The predicted molar refractivity (Wildman–Crippen MR) is 95.5 cm³/mol. The minimum absolute atomic E-state index is 0.0344. The van der Waals surface area contributed by atoms with E-state index in [2.05, 4.69) is 50.2 Å². The van der Waals surface area contributed by atoms with Gasteiger partial charge in [0.15, 0.2) is 0 Å². The van der Waals surface area contributed by atoms with Gasteiger partial charge in [-0.05, 0) is 50.4 Å². The van der Waals surface area contributed by atoms with Gasteiger partial charge in [0.25, 0.3) is 0 Å². The van der Waals surface area contributed by atoms with Crippen molar-refractivity contribution in [1.29, 1.82) is 0 Å². The molecule has 24 heavy (non-hydrogen) atoms. The number of amides is 2. The van der Waals surface area contributed by atoms with Crippen LogP contribution in [0.4, 0.5) is 4.79 Å². The van der Waals surface area contributed by atoms with Crippen LogP contribution in [0.15, 0.2) is 18.2 Å². The summed E-state index contributed by atoms with van der Waals surface area (Å²) >= 11 is 0. The highest BCUT2D eigenvalue weighted by molar-refractivity contribution is 5.75. The van der Waals surface area contributed by atoms with Gasteiger partial charge in [0, 0.05) is 13.1 Å². The zero-order valence-corrected chi connectivity index (χ0v) is 15.3. The Hall–Kier alpha value is -1.75. The quantitative estimate of drug-likeness (QED) is 0.921. The Labute approximate surface area is 145 Å². The Morgan fingerprint density at radius 3 is 2.58 bits per heavy atom. The molecule has 0 aliphatic carbocycles. The van der Waals surface area contributed by atoms with Crippen LogP contribution in [0, 0.1) is 19.3 Å². The molecule has 2 heterocycles. The molecule has 2 fully saturated rings. The normalized spacial score (nSPS) is 24.8. The van der Waals surface area contributed by atoms with Gasteiger partial charge >= 0.3 is 6.03 Å². The molecule has 1 aromatic carbocycles. The molecule has 0 aromatic heterocycles. The third-order valence-electron chi connectivity index (χ3n) is 5.24. The lowest BCUT2D eigenvalue weighted by Crippen LogP contribution is -2.59. The number of likely N-dealkylation sites (tertiary alicyclic amines) is 2. The molecular weight excluding hydrogens is 302 g/mol. The first-order valence-electron chi connectivity index (χ1n) is 8.80. The van der Waals surface area contributed by atoms with Gasteiger partial charge in [-0.25, -0.2) is 4.79 Å². The summed E-state index contributed by atoms with van der Waals surface area (Å²) in [5.41, 5.74) is 2.50. The van der Waals surface area contributed by atoms with Crippen molar-refractivity contribution in [3.63, 3.8) is 0 Å². The number of nitrogens with one attached hydrogen (secondary N) is 1. The lowest BCUT2D eigenvalue weighted by Gasteiger charge is -2.40. The van der Waals surface area contributed by atoms with Crippen LogP contribution in [0.1, 0.15) is 24.5 Å². The summed E-state index contributed by atoms with van der Waals surface area (Å²) in [5, 5.41) is 3.10. The molecule has 132 valence electrons. The summed E-state index contributed by atoms with van der Waals surface area (Å²) in [7, 11) is 2.14. The molecule has 0 radical (unpaired) electrons. The standard InChI is InChI=1S/C19H29N3O2/c1-14-6-5-7-15(2)17(14)24-16-10-22(11-16)18(23)20-12-19(3)8-9-21(4)13-19/h5-7,16H,8-13H2,1-4H3,(H,20,23). The molecule has 2 aliphatic rings. The lowest BCUT2D eigenvalue weighted by molar-refractivity contribution is 0.0427. The van der Waals surface area contributed by atoms with E-state index in [1.807, 2.05) is 11.0 Å². The van der Waals surface area contributed by atoms with Gasteiger partial charge in [-0.1, -0.05) is 25.1 Å². The van der Waals surface area contributed by atoms with E-state index in [-0.39, 0.29) is 17.6 Å². The molecule has 2 amide bonds. The number of benzene rings is 1. The van der Waals surface area contributed by atoms with Gasteiger partial charge in [-0.15, -0.1) is 0 Å². The number of hydrogen-bond acceptors (Lipinski definition) is 3. The fraction of sp³-hybridized carbons (Fsp3) is 0.632. The lowest BCUT2D eigenvalue weighted by atomic mass is 9.90. The van der Waals surface area contributed by atoms with Crippen LogP contribution in [-0.4, -0.2) is 61.7 Å². The minimum atomic E-state index is 0.0344. The number of urea groups is 1. The first-order chi connectivity index (χ1) is 11.4. The van der Waals surface area contributed by atoms with E-state index in [1.165, 1.54) is 0 Å². The minimum Gasteiger partial charge on any atom is -0.486 e. The van der Waals surface area contributed by atoms with Crippen LogP contribution < -0.4 is 10.1 Å². The Morgan fingerprint density at radius 2 is 2.00 bits per heavy atom. The van der Waals surface area contributed by atoms with Gasteiger partial charge in [0.1, 0.15) is 11.9 Å². The highest BCUT2D eigenvalue weighted by Crippen LogP contribution is 2.28. The highest BCUT2D eigenvalue weighted by Gasteiger charge is 2.36. The van der Waals surface area contributed by atoms with Crippen LogP contribution in [-0.2, 0) is 0 Å². The fourth-order valence-corrected chi connectivity index (χ4v) is 3.65. The van der Waals surface area contributed by atoms with Crippen LogP contribution in [0.3, 0.4) is 0 Å². The Balaban J connectivity index is 1.44. The van der Waals surface area contributed by atoms with E-state index in [4.69, 9.17) is 4.74 Å². The average Bonchev–Trinajstić information content (AvgIpc) is 2.82. The maximum absolute atomic E-state index is 12.3. The molecule has 2 aliphatic heterocycles. The number of rotatable bonds is 4. The molecule has 5 heteroatoms. The second kappa shape index (κ2) is 6.63. The fourth-order valence-electron chi connectivity index (χ4n) is 3.65. The monoisotopic (exact) mass is 331 g/mol. The van der Waals surface area contributed by atoms with Gasteiger partial charge in [0.2, 0.25) is 0 Å². The molecule has 1 atom stereocenters. The third kappa shape index (κ3) is 3.66. The van der Waals surface area contributed by atoms with Gasteiger partial charge in [-0.3, -0.25) is 0 Å². The number of carbonyl (C=O) groups excluding carboxylic acids is 1. The smallest absolute Gasteiger partial charge is 0.317 e. The second-order valence-corrected chi connectivity index (χ2v) is 7.82. The van der Waals surface area contributed by atoms with E-state index >= 15 is 0 Å². The highest BCUT2D eigenvalue weighted by atomic mass is 16.5. The maximum atomic E-state index is 12.3. The van der Waals surface area contributed by atoms with Crippen molar-refractivity contribution in [2.45, 2.75) is 33.3 Å². The maximum Gasteiger partial charge on any atom is 0.317 e. The van der Waals surface area contributed by atoms with E-state index < -0.39 is 0 Å². The van der Waals surface area contributed by atoms with Crippen LogP contribution in [0.5, 0.6) is 5.75 Å². The van der Waals surface area contributed by atoms with Crippen molar-refractivity contribution in [1.82, 2.24) is 15.1 Å². The topological polar surface area (TPSA) is 44.8 Å². The number of ether oxygens (including phenoxy) is 1. The Bertz CT molecular complexity index is 592. The SMILES string of the molecule is Cc1cccc(C)c1OC1CN(C(=O)NCC2(C)CCN(C)C2)C1. The van der Waals surface area contributed by atoms with Crippen LogP contribution in [0.2, 0.25) is 0 Å².